The van der Waals surface area contributed by atoms with Crippen molar-refractivity contribution in [3.63, 3.8) is 0 Å². The minimum absolute atomic E-state index is 1.00. The standard InChI is InChI=1S/C17H22Si/c1-14-5-9-16(10-6-14)17-11-7-15(8-12-17)13-18(2,3)4/h5-12H,13H2,1-4H3. The Kier molecular flexibility index (Phi) is 3.72. The maximum absolute atomic E-state index is 2.42. The van der Waals surface area contributed by atoms with Gasteiger partial charge >= 0.3 is 0 Å². The summed E-state index contributed by atoms with van der Waals surface area (Å²) in [7, 11) is -1.00. The van der Waals surface area contributed by atoms with E-state index < -0.39 is 8.07 Å². The molecule has 0 aliphatic rings. The molecule has 0 bridgehead atoms. The molecular weight excluding hydrogens is 232 g/mol. The Morgan fingerprint density at radius 1 is 0.722 bits per heavy atom. The average molecular weight is 254 g/mol. The summed E-state index contributed by atoms with van der Waals surface area (Å²) >= 11 is 0. The van der Waals surface area contributed by atoms with Gasteiger partial charge in [0.05, 0.1) is 0 Å². The molecule has 0 aliphatic heterocycles. The van der Waals surface area contributed by atoms with Gasteiger partial charge in [0.2, 0.25) is 0 Å². The smallest absolute Gasteiger partial charge is 0.0487 e. The predicted octanol–water partition coefficient (Wildman–Crippen LogP) is 5.08. The van der Waals surface area contributed by atoms with Crippen LogP contribution in [0.2, 0.25) is 19.6 Å². The molecular formula is C17H22Si. The summed E-state index contributed by atoms with van der Waals surface area (Å²) < 4.78 is 0. The van der Waals surface area contributed by atoms with E-state index in [1.165, 1.54) is 28.3 Å². The Balaban J connectivity index is 2.20. The zero-order valence-corrected chi connectivity index (χ0v) is 12.8. The first-order valence-electron chi connectivity index (χ1n) is 6.60. The molecule has 0 unspecified atom stereocenters. The van der Waals surface area contributed by atoms with Crippen molar-refractivity contribution in [1.82, 2.24) is 0 Å². The van der Waals surface area contributed by atoms with E-state index in [4.69, 9.17) is 0 Å². The number of rotatable bonds is 3. The Morgan fingerprint density at radius 3 is 1.61 bits per heavy atom. The molecule has 94 valence electrons. The number of aryl methyl sites for hydroxylation is 1. The second kappa shape index (κ2) is 5.11. The van der Waals surface area contributed by atoms with Gasteiger partial charge in [-0.15, -0.1) is 0 Å². The third-order valence-electron chi connectivity index (χ3n) is 3.07. The predicted molar refractivity (Wildman–Crippen MR) is 83.7 cm³/mol. The zero-order valence-electron chi connectivity index (χ0n) is 11.8. The maximum atomic E-state index is 2.42. The normalized spacial score (nSPS) is 11.6. The van der Waals surface area contributed by atoms with Crippen LogP contribution in [0, 0.1) is 6.92 Å². The van der Waals surface area contributed by atoms with Gasteiger partial charge in [-0.05, 0) is 24.1 Å². The van der Waals surface area contributed by atoms with Gasteiger partial charge in [-0.3, -0.25) is 0 Å². The van der Waals surface area contributed by atoms with Crippen LogP contribution in [-0.4, -0.2) is 8.07 Å². The Bertz CT molecular complexity index is 501. The van der Waals surface area contributed by atoms with Gasteiger partial charge in [0.15, 0.2) is 0 Å². The monoisotopic (exact) mass is 254 g/mol. The molecule has 0 fully saturated rings. The van der Waals surface area contributed by atoms with E-state index in [1.54, 1.807) is 0 Å². The van der Waals surface area contributed by atoms with Crippen LogP contribution in [0.4, 0.5) is 0 Å². The molecule has 2 aromatic carbocycles. The van der Waals surface area contributed by atoms with Crippen LogP contribution < -0.4 is 0 Å². The highest BCUT2D eigenvalue weighted by atomic mass is 28.3. The Hall–Kier alpha value is -1.34. The van der Waals surface area contributed by atoms with Crippen LogP contribution in [0.25, 0.3) is 11.1 Å². The first-order valence-corrected chi connectivity index (χ1v) is 10.3. The lowest BCUT2D eigenvalue weighted by Gasteiger charge is -2.15. The third-order valence-corrected chi connectivity index (χ3v) is 4.54. The molecule has 0 N–H and O–H groups in total. The zero-order chi connectivity index (χ0) is 13.2. The minimum atomic E-state index is -1.00. The van der Waals surface area contributed by atoms with E-state index in [-0.39, 0.29) is 0 Å². The molecule has 0 radical (unpaired) electrons. The topological polar surface area (TPSA) is 0 Å². The molecule has 1 heteroatoms. The molecule has 0 saturated carbocycles. The SMILES string of the molecule is Cc1ccc(-c2ccc(C[Si](C)(C)C)cc2)cc1. The van der Waals surface area contributed by atoms with Crippen molar-refractivity contribution in [2.24, 2.45) is 0 Å². The summed E-state index contributed by atoms with van der Waals surface area (Å²) in [4.78, 5) is 0. The first kappa shape index (κ1) is 13.1. The summed E-state index contributed by atoms with van der Waals surface area (Å²) in [5.74, 6) is 0. The van der Waals surface area contributed by atoms with Crippen molar-refractivity contribution in [2.75, 3.05) is 0 Å². The molecule has 2 aromatic rings. The lowest BCUT2D eigenvalue weighted by atomic mass is 10.0. The molecule has 0 heterocycles. The molecule has 0 nitrogen and oxygen atoms in total. The lowest BCUT2D eigenvalue weighted by molar-refractivity contribution is 1.31. The second-order valence-corrected chi connectivity index (χ2v) is 11.8. The quantitative estimate of drug-likeness (QED) is 0.670. The van der Waals surface area contributed by atoms with E-state index >= 15 is 0 Å². The highest BCUT2D eigenvalue weighted by Crippen LogP contribution is 2.21. The molecule has 0 saturated heterocycles. The van der Waals surface area contributed by atoms with E-state index in [0.717, 1.165) is 0 Å². The number of benzene rings is 2. The van der Waals surface area contributed by atoms with Crippen molar-refractivity contribution in [3.05, 3.63) is 59.7 Å². The number of hydrogen-bond donors (Lipinski definition) is 0. The van der Waals surface area contributed by atoms with Gasteiger partial charge in [-0.25, -0.2) is 0 Å². The third kappa shape index (κ3) is 3.57. The van der Waals surface area contributed by atoms with Gasteiger partial charge in [-0.2, -0.15) is 0 Å². The fourth-order valence-electron chi connectivity index (χ4n) is 2.17. The molecule has 2 rings (SSSR count). The molecule has 0 spiro atoms. The molecule has 0 aromatic heterocycles. The Morgan fingerprint density at radius 2 is 1.17 bits per heavy atom. The Labute approximate surface area is 112 Å². The van der Waals surface area contributed by atoms with E-state index in [0.29, 0.717) is 0 Å². The van der Waals surface area contributed by atoms with Crippen molar-refractivity contribution in [3.8, 4) is 11.1 Å². The van der Waals surface area contributed by atoms with Gasteiger partial charge in [0.25, 0.3) is 0 Å². The van der Waals surface area contributed by atoms with Crippen LogP contribution in [0.1, 0.15) is 11.1 Å². The van der Waals surface area contributed by atoms with Crippen molar-refractivity contribution < 1.29 is 0 Å². The lowest BCUT2D eigenvalue weighted by Crippen LogP contribution is -2.23. The van der Waals surface area contributed by atoms with E-state index in [1.807, 2.05) is 0 Å². The largest absolute Gasteiger partial charge is 0.0693 e. The fourth-order valence-corrected chi connectivity index (χ4v) is 3.63. The minimum Gasteiger partial charge on any atom is -0.0693 e. The molecule has 0 aliphatic carbocycles. The van der Waals surface area contributed by atoms with Gasteiger partial charge in [0, 0.05) is 8.07 Å². The molecule has 0 atom stereocenters. The highest BCUT2D eigenvalue weighted by molar-refractivity contribution is 6.75. The average Bonchev–Trinajstić information content (AvgIpc) is 2.29. The van der Waals surface area contributed by atoms with E-state index in [9.17, 15) is 0 Å². The maximum Gasteiger partial charge on any atom is 0.0487 e. The van der Waals surface area contributed by atoms with Gasteiger partial charge < -0.3 is 0 Å². The highest BCUT2D eigenvalue weighted by Gasteiger charge is 2.13. The van der Waals surface area contributed by atoms with Crippen molar-refractivity contribution in [2.45, 2.75) is 32.6 Å². The summed E-state index contributed by atoms with van der Waals surface area (Å²) in [6, 6.07) is 19.1. The van der Waals surface area contributed by atoms with Crippen LogP contribution in [0.3, 0.4) is 0 Å². The number of hydrogen-bond acceptors (Lipinski definition) is 0. The fraction of sp³-hybridized carbons (Fsp3) is 0.294. The van der Waals surface area contributed by atoms with Gasteiger partial charge in [-0.1, -0.05) is 79.3 Å². The summed E-state index contributed by atoms with van der Waals surface area (Å²) in [5, 5.41) is 0. The van der Waals surface area contributed by atoms with Gasteiger partial charge in [0.1, 0.15) is 0 Å². The first-order chi connectivity index (χ1) is 8.44. The summed E-state index contributed by atoms with van der Waals surface area (Å²) in [5.41, 5.74) is 5.41. The summed E-state index contributed by atoms with van der Waals surface area (Å²) in [6.07, 6.45) is 0. The van der Waals surface area contributed by atoms with Crippen molar-refractivity contribution in [1.29, 1.82) is 0 Å². The molecule has 18 heavy (non-hydrogen) atoms. The molecule has 0 amide bonds. The summed E-state index contributed by atoms with van der Waals surface area (Å²) in [6.45, 7) is 9.38. The van der Waals surface area contributed by atoms with Crippen molar-refractivity contribution >= 4 is 8.07 Å². The van der Waals surface area contributed by atoms with Crippen LogP contribution >= 0.6 is 0 Å². The van der Waals surface area contributed by atoms with Crippen LogP contribution in [0.5, 0.6) is 0 Å². The van der Waals surface area contributed by atoms with Crippen LogP contribution in [0.15, 0.2) is 48.5 Å². The van der Waals surface area contributed by atoms with Crippen LogP contribution in [-0.2, 0) is 6.04 Å². The second-order valence-electron chi connectivity index (χ2n) is 6.30. The van der Waals surface area contributed by atoms with E-state index in [2.05, 4.69) is 75.1 Å².